The van der Waals surface area contributed by atoms with Crippen molar-refractivity contribution in [2.75, 3.05) is 13.1 Å². The first kappa shape index (κ1) is 22.6. The van der Waals surface area contributed by atoms with Gasteiger partial charge in [0, 0.05) is 24.7 Å². The van der Waals surface area contributed by atoms with Crippen molar-refractivity contribution in [2.45, 2.75) is 52.1 Å². The minimum Gasteiger partial charge on any atom is -0.459 e. The molecular formula is C24H31N3O4. The Morgan fingerprint density at radius 1 is 1.10 bits per heavy atom. The Morgan fingerprint density at radius 2 is 1.81 bits per heavy atom. The second-order valence-electron chi connectivity index (χ2n) is 8.19. The predicted molar refractivity (Wildman–Crippen MR) is 118 cm³/mol. The Kier molecular flexibility index (Phi) is 7.50. The molecule has 3 rings (SSSR count). The van der Waals surface area contributed by atoms with Crippen molar-refractivity contribution < 1.29 is 18.8 Å². The van der Waals surface area contributed by atoms with E-state index in [1.165, 1.54) is 6.26 Å². The molecule has 1 aliphatic heterocycles. The van der Waals surface area contributed by atoms with Crippen LogP contribution in [0.5, 0.6) is 0 Å². The minimum absolute atomic E-state index is 0.0194. The zero-order valence-corrected chi connectivity index (χ0v) is 18.4. The molecule has 31 heavy (non-hydrogen) atoms. The summed E-state index contributed by atoms with van der Waals surface area (Å²) in [4.78, 5) is 40.3. The van der Waals surface area contributed by atoms with Crippen LogP contribution in [0.1, 0.15) is 59.6 Å². The molecular weight excluding hydrogens is 394 g/mol. The van der Waals surface area contributed by atoms with Gasteiger partial charge in [0.1, 0.15) is 6.04 Å². The molecule has 0 spiro atoms. The molecule has 1 aromatic carbocycles. The highest BCUT2D eigenvalue weighted by molar-refractivity contribution is 5.98. The van der Waals surface area contributed by atoms with Gasteiger partial charge in [0.05, 0.1) is 6.26 Å². The summed E-state index contributed by atoms with van der Waals surface area (Å²) in [5.74, 6) is -0.313. The maximum atomic E-state index is 13.0. The van der Waals surface area contributed by atoms with Crippen LogP contribution in [0.2, 0.25) is 0 Å². The zero-order chi connectivity index (χ0) is 22.4. The van der Waals surface area contributed by atoms with Crippen LogP contribution in [-0.2, 0) is 4.79 Å². The fourth-order valence-corrected chi connectivity index (χ4v) is 3.87. The fourth-order valence-electron chi connectivity index (χ4n) is 3.87. The quantitative estimate of drug-likeness (QED) is 0.713. The molecule has 2 N–H and O–H groups in total. The summed E-state index contributed by atoms with van der Waals surface area (Å²) in [5.41, 5.74) is 1.43. The average Bonchev–Trinajstić information content (AvgIpc) is 3.32. The van der Waals surface area contributed by atoms with Crippen LogP contribution in [0.15, 0.2) is 47.1 Å². The molecule has 0 bridgehead atoms. The van der Waals surface area contributed by atoms with E-state index in [1.807, 2.05) is 39.0 Å². The van der Waals surface area contributed by atoms with E-state index in [0.29, 0.717) is 37.3 Å². The highest BCUT2D eigenvalue weighted by atomic mass is 16.3. The average molecular weight is 426 g/mol. The molecule has 1 aliphatic rings. The van der Waals surface area contributed by atoms with E-state index in [2.05, 4.69) is 10.6 Å². The van der Waals surface area contributed by atoms with Crippen LogP contribution in [-0.4, -0.2) is 47.8 Å². The van der Waals surface area contributed by atoms with E-state index in [9.17, 15) is 14.4 Å². The van der Waals surface area contributed by atoms with Gasteiger partial charge in [0.15, 0.2) is 5.76 Å². The summed E-state index contributed by atoms with van der Waals surface area (Å²) >= 11 is 0. The number of benzene rings is 1. The summed E-state index contributed by atoms with van der Waals surface area (Å²) in [6.45, 7) is 6.85. The first-order valence-electron chi connectivity index (χ1n) is 10.9. The van der Waals surface area contributed by atoms with Crippen molar-refractivity contribution in [2.24, 2.45) is 5.92 Å². The summed E-state index contributed by atoms with van der Waals surface area (Å²) in [6, 6.07) is 10.0. The van der Waals surface area contributed by atoms with Crippen LogP contribution in [0, 0.1) is 12.8 Å². The first-order chi connectivity index (χ1) is 14.9. The highest BCUT2D eigenvalue weighted by Crippen LogP contribution is 2.23. The minimum atomic E-state index is -0.651. The smallest absolute Gasteiger partial charge is 0.289 e. The Balaban J connectivity index is 1.71. The van der Waals surface area contributed by atoms with Gasteiger partial charge in [-0.1, -0.05) is 25.1 Å². The number of furan rings is 1. The number of piperidine rings is 1. The molecule has 166 valence electrons. The molecule has 0 saturated carbocycles. The van der Waals surface area contributed by atoms with Gasteiger partial charge in [-0.15, -0.1) is 0 Å². The summed E-state index contributed by atoms with van der Waals surface area (Å²) in [6.07, 6.45) is 3.54. The largest absolute Gasteiger partial charge is 0.459 e. The van der Waals surface area contributed by atoms with E-state index < -0.39 is 6.04 Å². The van der Waals surface area contributed by atoms with Crippen LogP contribution in [0.3, 0.4) is 0 Å². The Bertz CT molecular complexity index is 901. The van der Waals surface area contributed by atoms with Gasteiger partial charge in [0.2, 0.25) is 5.91 Å². The van der Waals surface area contributed by atoms with Crippen LogP contribution >= 0.6 is 0 Å². The lowest BCUT2D eigenvalue weighted by atomic mass is 9.88. The van der Waals surface area contributed by atoms with E-state index in [1.54, 1.807) is 23.1 Å². The third kappa shape index (κ3) is 5.54. The van der Waals surface area contributed by atoms with Gasteiger partial charge in [-0.25, -0.2) is 0 Å². The molecule has 2 heterocycles. The van der Waals surface area contributed by atoms with E-state index in [4.69, 9.17) is 4.42 Å². The maximum Gasteiger partial charge on any atom is 0.289 e. The lowest BCUT2D eigenvalue weighted by Crippen LogP contribution is -2.55. The molecule has 1 saturated heterocycles. The molecule has 3 amide bonds. The molecule has 2 aromatic rings. The number of aryl methyl sites for hydroxylation is 1. The van der Waals surface area contributed by atoms with Crippen molar-refractivity contribution in [1.29, 1.82) is 0 Å². The second-order valence-corrected chi connectivity index (χ2v) is 8.19. The van der Waals surface area contributed by atoms with Crippen molar-refractivity contribution in [1.82, 2.24) is 15.5 Å². The van der Waals surface area contributed by atoms with Gasteiger partial charge < -0.3 is 20.0 Å². The van der Waals surface area contributed by atoms with E-state index in [0.717, 1.165) is 12.0 Å². The number of nitrogens with zero attached hydrogens (tertiary/aromatic N) is 1. The molecule has 1 fully saturated rings. The summed E-state index contributed by atoms with van der Waals surface area (Å²) in [7, 11) is 0. The molecule has 2 atom stereocenters. The Labute approximate surface area is 183 Å². The second kappa shape index (κ2) is 10.3. The molecule has 2 unspecified atom stereocenters. The number of amides is 3. The fraction of sp³-hybridized carbons (Fsp3) is 0.458. The first-order valence-corrected chi connectivity index (χ1v) is 10.9. The maximum absolute atomic E-state index is 13.0. The van der Waals surface area contributed by atoms with Crippen LogP contribution in [0.25, 0.3) is 0 Å². The highest BCUT2D eigenvalue weighted by Gasteiger charge is 2.35. The summed E-state index contributed by atoms with van der Waals surface area (Å²) < 4.78 is 5.22. The standard InChI is InChI=1S/C24H31N3O4/c1-4-17(3)25-23(29)21(26-22(28)19-9-6-5-8-16(19)2)18-11-13-27(14-12-18)24(30)20-10-7-15-31-20/h5-10,15,17-18,21H,4,11-14H2,1-3H3,(H,25,29)(H,26,28). The van der Waals surface area contributed by atoms with Gasteiger partial charge in [-0.05, 0) is 62.8 Å². The third-order valence-electron chi connectivity index (χ3n) is 5.99. The number of carbonyl (C=O) groups is 3. The molecule has 1 aromatic heterocycles. The zero-order valence-electron chi connectivity index (χ0n) is 18.4. The Hall–Kier alpha value is -3.09. The molecule has 7 heteroatoms. The number of likely N-dealkylation sites (tertiary alicyclic amines) is 1. The van der Waals surface area contributed by atoms with Gasteiger partial charge in [-0.2, -0.15) is 0 Å². The van der Waals surface area contributed by atoms with Gasteiger partial charge in [0.25, 0.3) is 11.8 Å². The van der Waals surface area contributed by atoms with Gasteiger partial charge in [-0.3, -0.25) is 14.4 Å². The lowest BCUT2D eigenvalue weighted by molar-refractivity contribution is -0.125. The number of hydrogen-bond donors (Lipinski definition) is 2. The third-order valence-corrected chi connectivity index (χ3v) is 5.99. The normalized spacial score (nSPS) is 16.4. The number of rotatable bonds is 7. The van der Waals surface area contributed by atoms with Crippen LogP contribution in [0.4, 0.5) is 0 Å². The van der Waals surface area contributed by atoms with Crippen molar-refractivity contribution in [3.8, 4) is 0 Å². The van der Waals surface area contributed by atoms with Crippen molar-refractivity contribution in [3.63, 3.8) is 0 Å². The topological polar surface area (TPSA) is 91.7 Å². The SMILES string of the molecule is CCC(C)NC(=O)C(NC(=O)c1ccccc1C)C1CCN(C(=O)c2ccco2)CC1. The Morgan fingerprint density at radius 3 is 2.42 bits per heavy atom. The number of carbonyl (C=O) groups excluding carboxylic acids is 3. The van der Waals surface area contributed by atoms with E-state index in [-0.39, 0.29) is 29.7 Å². The van der Waals surface area contributed by atoms with Crippen LogP contribution < -0.4 is 10.6 Å². The molecule has 0 aliphatic carbocycles. The number of hydrogen-bond acceptors (Lipinski definition) is 4. The monoisotopic (exact) mass is 425 g/mol. The number of nitrogens with one attached hydrogen (secondary N) is 2. The van der Waals surface area contributed by atoms with E-state index >= 15 is 0 Å². The molecule has 7 nitrogen and oxygen atoms in total. The molecule has 0 radical (unpaired) electrons. The summed E-state index contributed by atoms with van der Waals surface area (Å²) in [5, 5.41) is 5.98. The van der Waals surface area contributed by atoms with Crippen molar-refractivity contribution >= 4 is 17.7 Å². The van der Waals surface area contributed by atoms with Gasteiger partial charge >= 0.3 is 0 Å². The lowest BCUT2D eigenvalue weighted by Gasteiger charge is -2.36. The predicted octanol–water partition coefficient (Wildman–Crippen LogP) is 3.15. The van der Waals surface area contributed by atoms with Crippen molar-refractivity contribution in [3.05, 3.63) is 59.5 Å².